The molecule has 0 atom stereocenters. The Kier molecular flexibility index (Phi) is 1.81. The van der Waals surface area contributed by atoms with Crippen LogP contribution in [0, 0.1) is 0 Å². The minimum Gasteiger partial charge on any atom is -0.443 e. The highest BCUT2D eigenvalue weighted by Gasteiger charge is 1.97. The van der Waals surface area contributed by atoms with Gasteiger partial charge in [0, 0.05) is 0 Å². The third-order valence-electron chi connectivity index (χ3n) is 0.977. The second-order valence-electron chi connectivity index (χ2n) is 1.63. The Hall–Kier alpha value is -0.870. The number of nitrogens with two attached hydrogens (primary N) is 2. The largest absolute Gasteiger partial charge is 0.443 e. The molecule has 4 heteroatoms. The van der Waals surface area contributed by atoms with Crippen molar-refractivity contribution in [1.29, 1.82) is 0 Å². The lowest BCUT2D eigenvalue weighted by atomic mass is 10.5. The normalized spacial score (nSPS) is 10.0. The lowest BCUT2D eigenvalue weighted by molar-refractivity contribution is 0.458. The minimum absolute atomic E-state index is 0.333. The van der Waals surface area contributed by atoms with E-state index in [1.165, 1.54) is 0 Å². The molecule has 1 rings (SSSR count). The molecule has 0 aliphatic carbocycles. The predicted molar refractivity (Wildman–Crippen MR) is 32.3 cm³/mol. The number of hydrogen-bond donors (Lipinski definition) is 2. The average Bonchev–Trinajstić information content (AvgIpc) is 2.34. The maximum Gasteiger partial charge on any atom is 0.208 e. The van der Waals surface area contributed by atoms with Gasteiger partial charge in [-0.25, -0.2) is 4.98 Å². The van der Waals surface area contributed by atoms with Crippen LogP contribution in [0.5, 0.6) is 0 Å². The molecular formula is C5H9N3O. The Morgan fingerprint density at radius 1 is 1.44 bits per heavy atom. The van der Waals surface area contributed by atoms with Gasteiger partial charge < -0.3 is 15.9 Å². The van der Waals surface area contributed by atoms with Crippen molar-refractivity contribution in [2.24, 2.45) is 11.5 Å². The topological polar surface area (TPSA) is 78.1 Å². The van der Waals surface area contributed by atoms with E-state index in [-0.39, 0.29) is 0 Å². The molecule has 0 spiro atoms. The second kappa shape index (κ2) is 2.61. The fourth-order valence-electron chi connectivity index (χ4n) is 0.537. The van der Waals surface area contributed by atoms with E-state index in [4.69, 9.17) is 15.9 Å². The van der Waals surface area contributed by atoms with E-state index in [1.807, 2.05) is 0 Å². The summed E-state index contributed by atoms with van der Waals surface area (Å²) < 4.78 is 5.02. The van der Waals surface area contributed by atoms with Gasteiger partial charge in [0.05, 0.1) is 19.3 Å². The van der Waals surface area contributed by atoms with Crippen LogP contribution in [0.1, 0.15) is 11.7 Å². The van der Waals surface area contributed by atoms with Crippen LogP contribution in [0.3, 0.4) is 0 Å². The summed E-state index contributed by atoms with van der Waals surface area (Å²) in [7, 11) is 0. The molecule has 9 heavy (non-hydrogen) atoms. The van der Waals surface area contributed by atoms with Gasteiger partial charge in [-0.05, 0) is 0 Å². The van der Waals surface area contributed by atoms with Crippen molar-refractivity contribution in [2.45, 2.75) is 13.1 Å². The molecule has 0 bridgehead atoms. The first kappa shape index (κ1) is 6.25. The first-order valence-corrected chi connectivity index (χ1v) is 2.70. The molecule has 0 aliphatic rings. The maximum absolute atomic E-state index is 5.24. The van der Waals surface area contributed by atoms with E-state index in [2.05, 4.69) is 4.98 Å². The highest BCUT2D eigenvalue weighted by molar-refractivity contribution is 4.92. The molecule has 1 aromatic rings. The Balaban J connectivity index is 2.74. The van der Waals surface area contributed by atoms with Crippen LogP contribution in [-0.4, -0.2) is 4.98 Å². The predicted octanol–water partition coefficient (Wildman–Crippen LogP) is -0.408. The van der Waals surface area contributed by atoms with Crippen molar-refractivity contribution in [3.05, 3.63) is 17.8 Å². The number of nitrogens with zero attached hydrogens (tertiary/aromatic N) is 1. The van der Waals surface area contributed by atoms with Gasteiger partial charge in [0.1, 0.15) is 5.76 Å². The highest BCUT2D eigenvalue weighted by atomic mass is 16.4. The molecule has 4 N–H and O–H groups in total. The van der Waals surface area contributed by atoms with Crippen molar-refractivity contribution in [3.63, 3.8) is 0 Å². The van der Waals surface area contributed by atoms with Gasteiger partial charge in [-0.1, -0.05) is 0 Å². The fourth-order valence-corrected chi connectivity index (χ4v) is 0.537. The van der Waals surface area contributed by atoms with E-state index >= 15 is 0 Å². The zero-order valence-corrected chi connectivity index (χ0v) is 5.00. The monoisotopic (exact) mass is 127 g/mol. The summed E-state index contributed by atoms with van der Waals surface area (Å²) in [6.45, 7) is 0.715. The standard InChI is InChI=1S/C5H9N3O/c6-1-4-3-8-5(2-7)9-4/h3H,1-2,6-7H2. The Morgan fingerprint density at radius 3 is 2.56 bits per heavy atom. The zero-order valence-electron chi connectivity index (χ0n) is 5.00. The van der Waals surface area contributed by atoms with Crippen molar-refractivity contribution in [2.75, 3.05) is 0 Å². The Morgan fingerprint density at radius 2 is 2.22 bits per heavy atom. The molecule has 1 heterocycles. The van der Waals surface area contributed by atoms with Gasteiger partial charge in [0.25, 0.3) is 0 Å². The van der Waals surface area contributed by atoms with Gasteiger partial charge in [-0.2, -0.15) is 0 Å². The van der Waals surface area contributed by atoms with E-state index in [1.54, 1.807) is 6.20 Å². The molecule has 0 aromatic carbocycles. The molecule has 0 aliphatic heterocycles. The molecule has 50 valence electrons. The second-order valence-corrected chi connectivity index (χ2v) is 1.63. The van der Waals surface area contributed by atoms with E-state index in [9.17, 15) is 0 Å². The molecule has 0 saturated carbocycles. The molecule has 0 unspecified atom stereocenters. The first-order chi connectivity index (χ1) is 4.36. The van der Waals surface area contributed by atoms with Gasteiger partial charge in [0.15, 0.2) is 0 Å². The third-order valence-corrected chi connectivity index (χ3v) is 0.977. The lowest BCUT2D eigenvalue weighted by Crippen LogP contribution is -1.96. The number of rotatable bonds is 2. The van der Waals surface area contributed by atoms with E-state index < -0.39 is 0 Å². The molecule has 4 nitrogen and oxygen atoms in total. The molecular weight excluding hydrogens is 118 g/mol. The summed E-state index contributed by atoms with van der Waals surface area (Å²) in [5.41, 5.74) is 10.5. The van der Waals surface area contributed by atoms with Crippen LogP contribution >= 0.6 is 0 Å². The molecule has 0 fully saturated rings. The molecule has 0 saturated heterocycles. The summed E-state index contributed by atoms with van der Waals surface area (Å²) in [5, 5.41) is 0. The Labute approximate surface area is 52.9 Å². The third kappa shape index (κ3) is 1.28. The van der Waals surface area contributed by atoms with Gasteiger partial charge >= 0.3 is 0 Å². The van der Waals surface area contributed by atoms with Crippen LogP contribution in [-0.2, 0) is 13.1 Å². The summed E-state index contributed by atoms with van der Waals surface area (Å²) in [5.74, 6) is 1.21. The average molecular weight is 127 g/mol. The SMILES string of the molecule is NCc1cnc(CN)o1. The molecule has 0 amide bonds. The highest BCUT2D eigenvalue weighted by Crippen LogP contribution is 1.99. The number of aromatic nitrogens is 1. The minimum atomic E-state index is 0.333. The number of oxazole rings is 1. The van der Waals surface area contributed by atoms with Gasteiger partial charge in [-0.15, -0.1) is 0 Å². The van der Waals surface area contributed by atoms with Crippen molar-refractivity contribution in [1.82, 2.24) is 4.98 Å². The molecule has 1 aromatic heterocycles. The Bertz CT molecular complexity index is 166. The number of hydrogen-bond acceptors (Lipinski definition) is 4. The zero-order chi connectivity index (χ0) is 6.69. The van der Waals surface area contributed by atoms with Crippen molar-refractivity contribution in [3.8, 4) is 0 Å². The first-order valence-electron chi connectivity index (χ1n) is 2.70. The summed E-state index contributed by atoms with van der Waals surface area (Å²) in [6, 6.07) is 0. The van der Waals surface area contributed by atoms with Crippen molar-refractivity contribution >= 4 is 0 Å². The van der Waals surface area contributed by atoms with E-state index in [0.29, 0.717) is 24.7 Å². The van der Waals surface area contributed by atoms with Crippen molar-refractivity contribution < 1.29 is 4.42 Å². The van der Waals surface area contributed by atoms with E-state index in [0.717, 1.165) is 0 Å². The van der Waals surface area contributed by atoms with Gasteiger partial charge in [0.2, 0.25) is 5.89 Å². The summed E-state index contributed by atoms with van der Waals surface area (Å²) in [4.78, 5) is 3.83. The smallest absolute Gasteiger partial charge is 0.208 e. The summed E-state index contributed by atoms with van der Waals surface area (Å²) >= 11 is 0. The van der Waals surface area contributed by atoms with Crippen LogP contribution in [0.4, 0.5) is 0 Å². The van der Waals surface area contributed by atoms with Crippen LogP contribution in [0.2, 0.25) is 0 Å². The van der Waals surface area contributed by atoms with Crippen LogP contribution in [0.25, 0.3) is 0 Å². The quantitative estimate of drug-likeness (QED) is 0.566. The maximum atomic E-state index is 5.24. The summed E-state index contributed by atoms with van der Waals surface area (Å²) in [6.07, 6.45) is 1.59. The van der Waals surface area contributed by atoms with Gasteiger partial charge in [-0.3, -0.25) is 0 Å². The van der Waals surface area contributed by atoms with Crippen LogP contribution < -0.4 is 11.5 Å². The fraction of sp³-hybridized carbons (Fsp3) is 0.400. The molecule has 0 radical (unpaired) electrons. The van der Waals surface area contributed by atoms with Crippen LogP contribution in [0.15, 0.2) is 10.6 Å². The lowest BCUT2D eigenvalue weighted by Gasteiger charge is -1.84.